The molecule has 1 amide bonds. The van der Waals surface area contributed by atoms with Gasteiger partial charge in [-0.05, 0) is 116 Å². The number of nitrogens with one attached hydrogen (secondary N) is 2. The van der Waals surface area contributed by atoms with E-state index in [1.54, 1.807) is 24.3 Å². The number of nitrogens with zero attached hydrogens (tertiary/aromatic N) is 7. The number of halogens is 2. The van der Waals surface area contributed by atoms with Crippen molar-refractivity contribution in [2.75, 3.05) is 50.5 Å². The van der Waals surface area contributed by atoms with Crippen LogP contribution in [0.25, 0.3) is 4.85 Å². The standard InChI is InChI=1S/C24H26ClN5O3.C20H25FN4O.O2S/c1-15-20(29-18-5-4-16(26-3)12-17(18)25)27-14-28-21(15)32-19-6-11-30(13-24(19)9-10-24)22(31)33-23(2)7-8-23;1-13-4-5-17(16(21)8-13)24-18-14(2)19(23-12-22-18)26-11-20-6-7-25(3)10-15(20)9-20;1-3-2/h4-5,12,14,19H,6-11,13H2,1-2H3,(H,27,28,29);4-5,8,12,15H,6-7,9-11H2,1-3H3,(H,22,23,24);. The molecule has 5 aliphatic rings. The summed E-state index contributed by atoms with van der Waals surface area (Å²) in [4.78, 5) is 37.5. The molecule has 328 valence electrons. The first kappa shape index (κ1) is 44.6. The Bertz CT molecular complexity index is 2390. The van der Waals surface area contributed by atoms with Crippen LogP contribution in [0.15, 0.2) is 49.1 Å². The lowest BCUT2D eigenvalue weighted by Crippen LogP contribution is -2.50. The number of ether oxygens (including phenoxy) is 3. The van der Waals surface area contributed by atoms with Crippen LogP contribution in [-0.2, 0) is 16.3 Å². The van der Waals surface area contributed by atoms with E-state index in [4.69, 9.17) is 40.8 Å². The van der Waals surface area contributed by atoms with E-state index >= 15 is 0 Å². The van der Waals surface area contributed by atoms with Crippen molar-refractivity contribution in [3.8, 4) is 11.8 Å². The summed E-state index contributed by atoms with van der Waals surface area (Å²) in [6.07, 6.45) is 9.81. The van der Waals surface area contributed by atoms with Crippen molar-refractivity contribution in [3.05, 3.63) is 88.0 Å². The molecule has 3 saturated carbocycles. The van der Waals surface area contributed by atoms with Gasteiger partial charge in [0.2, 0.25) is 11.8 Å². The Morgan fingerprint density at radius 3 is 2.24 bits per heavy atom. The van der Waals surface area contributed by atoms with Gasteiger partial charge in [0.1, 0.15) is 41.8 Å². The summed E-state index contributed by atoms with van der Waals surface area (Å²) >= 11 is 5.56. The lowest BCUT2D eigenvalue weighted by Gasteiger charge is -2.38. The van der Waals surface area contributed by atoms with Crippen LogP contribution in [0.4, 0.5) is 37.9 Å². The molecule has 5 fully saturated rings. The summed E-state index contributed by atoms with van der Waals surface area (Å²) in [5.41, 5.74) is 4.02. The summed E-state index contributed by atoms with van der Waals surface area (Å²) in [5.74, 6) is 2.72. The van der Waals surface area contributed by atoms with E-state index in [0.717, 1.165) is 67.8 Å². The van der Waals surface area contributed by atoms with E-state index in [-0.39, 0.29) is 29.0 Å². The van der Waals surface area contributed by atoms with Crippen molar-refractivity contribution in [2.24, 2.45) is 16.7 Å². The topological polar surface area (TPSA) is 165 Å². The third kappa shape index (κ3) is 10.4. The van der Waals surface area contributed by atoms with Gasteiger partial charge in [0.25, 0.3) is 0 Å². The van der Waals surface area contributed by atoms with Crippen molar-refractivity contribution in [1.82, 2.24) is 29.7 Å². The molecule has 4 aromatic rings. The third-order valence-electron chi connectivity index (χ3n) is 12.7. The number of carbonyl (C=O) groups excluding carboxylic acids is 1. The van der Waals surface area contributed by atoms with Gasteiger partial charge in [-0.2, -0.15) is 8.42 Å². The molecule has 2 aromatic carbocycles. The number of amides is 1. The molecule has 18 heteroatoms. The average Bonchev–Trinajstić information content (AvgIpc) is 4.20. The quantitative estimate of drug-likeness (QED) is 0.146. The van der Waals surface area contributed by atoms with E-state index in [1.807, 2.05) is 38.7 Å². The summed E-state index contributed by atoms with van der Waals surface area (Å²) < 4.78 is 48.8. The van der Waals surface area contributed by atoms with Crippen LogP contribution in [0, 0.1) is 49.9 Å². The molecule has 2 aromatic heterocycles. The van der Waals surface area contributed by atoms with Crippen molar-refractivity contribution in [3.63, 3.8) is 0 Å². The minimum Gasteiger partial charge on any atom is -0.477 e. The monoisotopic (exact) mass is 887 g/mol. The van der Waals surface area contributed by atoms with Gasteiger partial charge in [-0.1, -0.05) is 23.7 Å². The molecule has 0 radical (unpaired) electrons. The molecule has 62 heavy (non-hydrogen) atoms. The normalized spacial score (nSPS) is 22.2. The maximum absolute atomic E-state index is 14.1. The molecule has 9 rings (SSSR count). The van der Waals surface area contributed by atoms with Crippen LogP contribution in [0.2, 0.25) is 5.02 Å². The number of rotatable bonds is 10. The fourth-order valence-corrected chi connectivity index (χ4v) is 8.41. The van der Waals surface area contributed by atoms with E-state index in [9.17, 15) is 9.18 Å². The number of piperidine rings is 2. The van der Waals surface area contributed by atoms with Crippen LogP contribution in [0.3, 0.4) is 0 Å². The first-order chi connectivity index (χ1) is 29.7. The number of hydrogen-bond donors (Lipinski definition) is 2. The highest BCUT2D eigenvalue weighted by Crippen LogP contribution is 2.58. The van der Waals surface area contributed by atoms with Crippen molar-refractivity contribution in [1.29, 1.82) is 0 Å². The van der Waals surface area contributed by atoms with Gasteiger partial charge in [-0.3, -0.25) is 0 Å². The Morgan fingerprint density at radius 2 is 1.61 bits per heavy atom. The third-order valence-corrected chi connectivity index (χ3v) is 13.0. The molecule has 3 atom stereocenters. The zero-order valence-electron chi connectivity index (χ0n) is 35.5. The van der Waals surface area contributed by atoms with Gasteiger partial charge in [0, 0.05) is 36.9 Å². The molecule has 4 heterocycles. The van der Waals surface area contributed by atoms with Gasteiger partial charge in [-0.15, -0.1) is 0 Å². The van der Waals surface area contributed by atoms with Gasteiger partial charge < -0.3 is 34.6 Å². The largest absolute Gasteiger partial charge is 0.477 e. The smallest absolute Gasteiger partial charge is 0.410 e. The van der Waals surface area contributed by atoms with E-state index in [0.29, 0.717) is 70.6 Å². The molecular formula is C44H51ClFN9O6S. The van der Waals surface area contributed by atoms with E-state index < -0.39 is 11.6 Å². The molecule has 1 spiro atoms. The number of carbonyl (C=O) groups is 1. The van der Waals surface area contributed by atoms with Crippen LogP contribution >= 0.6 is 11.6 Å². The number of fused-ring (bicyclic) bond motifs is 1. The van der Waals surface area contributed by atoms with Crippen LogP contribution in [0.1, 0.15) is 68.6 Å². The van der Waals surface area contributed by atoms with E-state index in [1.165, 1.54) is 31.6 Å². The van der Waals surface area contributed by atoms with Crippen molar-refractivity contribution >= 4 is 58.0 Å². The Balaban J connectivity index is 0.000000180. The minimum absolute atomic E-state index is 0.0129. The predicted molar refractivity (Wildman–Crippen MR) is 232 cm³/mol. The Hall–Kier alpha value is -5.44. The number of likely N-dealkylation sites (tertiary alicyclic amines) is 2. The predicted octanol–water partition coefficient (Wildman–Crippen LogP) is 8.68. The zero-order valence-corrected chi connectivity index (χ0v) is 37.1. The Morgan fingerprint density at radius 1 is 0.952 bits per heavy atom. The van der Waals surface area contributed by atoms with Crippen LogP contribution < -0.4 is 20.1 Å². The number of anilines is 4. The molecule has 15 nitrogen and oxygen atoms in total. The van der Waals surface area contributed by atoms with E-state index in [2.05, 4.69) is 47.4 Å². The fourth-order valence-electron chi connectivity index (χ4n) is 8.18. The average molecular weight is 888 g/mol. The molecule has 2 saturated heterocycles. The first-order valence-electron chi connectivity index (χ1n) is 20.7. The first-order valence-corrected chi connectivity index (χ1v) is 21.7. The molecular weight excluding hydrogens is 837 g/mol. The molecule has 0 bridgehead atoms. The Kier molecular flexibility index (Phi) is 13.3. The SMILES string of the molecule is Cc1ccc(Nc2ncnc(OCC34CCN(C)CC3C4)c2C)c(F)c1.O=S=O.[C-]#[N+]c1ccc(Nc2ncnc(OC3CCN(C(=O)OC4(C)CC4)CC34CC4)c2C)c(Cl)c1. The second-order valence-electron chi connectivity index (χ2n) is 17.4. The van der Waals surface area contributed by atoms with Gasteiger partial charge in [0.05, 0.1) is 40.7 Å². The van der Waals surface area contributed by atoms with Crippen molar-refractivity contribution < 1.29 is 31.8 Å². The lowest BCUT2D eigenvalue weighted by atomic mass is 9.91. The number of aromatic nitrogens is 4. The van der Waals surface area contributed by atoms with Crippen LogP contribution in [0.5, 0.6) is 11.8 Å². The molecule has 3 aliphatic carbocycles. The molecule has 3 unspecified atom stereocenters. The van der Waals surface area contributed by atoms with Gasteiger partial charge in [0.15, 0.2) is 5.69 Å². The maximum atomic E-state index is 14.1. The molecule has 2 N–H and O–H groups in total. The highest BCUT2D eigenvalue weighted by molar-refractivity contribution is 7.51. The second kappa shape index (κ2) is 18.5. The lowest BCUT2D eigenvalue weighted by molar-refractivity contribution is 0.00541. The van der Waals surface area contributed by atoms with Crippen LogP contribution in [-0.4, -0.2) is 95.8 Å². The van der Waals surface area contributed by atoms with Crippen molar-refractivity contribution in [2.45, 2.75) is 84.3 Å². The number of benzene rings is 2. The highest BCUT2D eigenvalue weighted by Gasteiger charge is 2.57. The molecule has 2 aliphatic heterocycles. The number of hydrogen-bond acceptors (Lipinski definition) is 13. The number of aryl methyl sites for hydroxylation is 1. The second-order valence-corrected chi connectivity index (χ2v) is 18.0. The minimum atomic E-state index is -0.750. The van der Waals surface area contributed by atoms with Gasteiger partial charge in [-0.25, -0.2) is 34.0 Å². The maximum Gasteiger partial charge on any atom is 0.410 e. The summed E-state index contributed by atoms with van der Waals surface area (Å²) in [5, 5.41) is 6.72. The summed E-state index contributed by atoms with van der Waals surface area (Å²) in [6, 6.07) is 10.2. The summed E-state index contributed by atoms with van der Waals surface area (Å²) in [7, 11) is 2.18. The van der Waals surface area contributed by atoms with Gasteiger partial charge >= 0.3 is 17.7 Å². The highest BCUT2D eigenvalue weighted by atomic mass is 35.5. The summed E-state index contributed by atoms with van der Waals surface area (Å²) in [6.45, 7) is 19.0. The zero-order chi connectivity index (χ0) is 44.2. The fraction of sp³-hybridized carbons (Fsp3) is 0.500. The Labute approximate surface area is 369 Å².